The summed E-state index contributed by atoms with van der Waals surface area (Å²) in [7, 11) is 2.01. The second-order valence-corrected chi connectivity index (χ2v) is 11.9. The molecule has 3 saturated heterocycles. The molecule has 0 amide bonds. The van der Waals surface area contributed by atoms with Crippen LogP contribution in [0.5, 0.6) is 0 Å². The van der Waals surface area contributed by atoms with Gasteiger partial charge in [0.05, 0.1) is 39.5 Å². The van der Waals surface area contributed by atoms with Crippen LogP contribution in [-0.2, 0) is 5.44 Å². The molecule has 202 valence electrons. The zero-order valence-corrected chi connectivity index (χ0v) is 23.0. The molecule has 3 aliphatic heterocycles. The zero-order valence-electron chi connectivity index (χ0n) is 22.2. The van der Waals surface area contributed by atoms with Crippen LogP contribution in [0.4, 0.5) is 15.8 Å². The lowest BCUT2D eigenvalue weighted by atomic mass is 9.69. The molecular weight excluding hydrogens is 526 g/mol. The van der Waals surface area contributed by atoms with Gasteiger partial charge in [-0.15, -0.1) is 5.10 Å². The predicted octanol–water partition coefficient (Wildman–Crippen LogP) is 4.28. The van der Waals surface area contributed by atoms with Gasteiger partial charge in [-0.2, -0.15) is 5.26 Å². The molecule has 4 fully saturated rings. The fourth-order valence-corrected chi connectivity index (χ4v) is 6.53. The van der Waals surface area contributed by atoms with Gasteiger partial charge in [0.25, 0.3) is 0 Å². The average molecular weight is 555 g/mol. The molecule has 2 N–H and O–H groups in total. The molecule has 1 aliphatic carbocycles. The topological polar surface area (TPSA) is 94.7 Å². The number of rotatable bonds is 7. The summed E-state index contributed by atoms with van der Waals surface area (Å²) in [6.07, 6.45) is 8.07. The van der Waals surface area contributed by atoms with E-state index in [4.69, 9.17) is 11.6 Å². The first-order valence-corrected chi connectivity index (χ1v) is 14.3. The molecule has 4 aliphatic rings. The van der Waals surface area contributed by atoms with Crippen LogP contribution >= 0.6 is 11.6 Å². The zero-order chi connectivity index (χ0) is 27.4. The first-order valence-electron chi connectivity index (χ1n) is 13.9. The molecule has 0 spiro atoms. The fourth-order valence-electron chi connectivity index (χ4n) is 6.27. The first kappa shape index (κ1) is 25.3. The number of hydrogen-bond acceptors (Lipinski definition) is 7. The normalized spacial score (nSPS) is 23.5. The standard InChI is InChI=1S/C29H29BClFN8/c30-29(19-1-3-20(32)4-2-19,26-16-40(38-37-26)22-5-6-22)36-21-11-23-27(18(13-33)14-34-28(23)24(31)12-21)35-25-15-39-9-7-17(25)8-10-39/h1-4,11-12,14,16-17,22,25,36H,5-10,15,30H2,(H,34,35). The average Bonchev–Trinajstić information content (AvgIpc) is 3.70. The number of nitrogens with zero attached hydrogens (tertiary/aromatic N) is 6. The molecule has 1 saturated carbocycles. The van der Waals surface area contributed by atoms with Crippen LogP contribution < -0.4 is 10.6 Å². The highest BCUT2D eigenvalue weighted by Gasteiger charge is 2.36. The third kappa shape index (κ3) is 4.47. The minimum absolute atomic E-state index is 0.262. The molecule has 11 heteroatoms. The Labute approximate surface area is 237 Å². The minimum Gasteiger partial charge on any atom is -0.379 e. The Morgan fingerprint density at radius 2 is 1.90 bits per heavy atom. The fraction of sp³-hybridized carbons (Fsp3) is 0.379. The number of halogens is 2. The number of nitriles is 1. The first-order chi connectivity index (χ1) is 19.4. The monoisotopic (exact) mass is 554 g/mol. The number of fused-ring (bicyclic) bond motifs is 4. The molecule has 2 bridgehead atoms. The summed E-state index contributed by atoms with van der Waals surface area (Å²) in [5.74, 6) is 0.271. The van der Waals surface area contributed by atoms with Gasteiger partial charge in [0.2, 0.25) is 0 Å². The Morgan fingerprint density at radius 1 is 1.12 bits per heavy atom. The number of anilines is 2. The Morgan fingerprint density at radius 3 is 2.58 bits per heavy atom. The molecule has 2 aromatic carbocycles. The van der Waals surface area contributed by atoms with Crippen molar-refractivity contribution in [2.24, 2.45) is 5.92 Å². The maximum atomic E-state index is 13.9. The lowest BCUT2D eigenvalue weighted by Crippen LogP contribution is -2.53. The van der Waals surface area contributed by atoms with E-state index in [1.807, 2.05) is 30.9 Å². The van der Waals surface area contributed by atoms with Crippen LogP contribution in [0.15, 0.2) is 48.8 Å². The van der Waals surface area contributed by atoms with Crippen LogP contribution in [0.25, 0.3) is 10.9 Å². The van der Waals surface area contributed by atoms with Crippen molar-refractivity contribution in [3.05, 3.63) is 76.5 Å². The lowest BCUT2D eigenvalue weighted by Gasteiger charge is -2.45. The molecule has 2 aromatic heterocycles. The van der Waals surface area contributed by atoms with E-state index >= 15 is 0 Å². The smallest absolute Gasteiger partial charge is 0.148 e. The molecule has 0 radical (unpaired) electrons. The van der Waals surface area contributed by atoms with Crippen LogP contribution in [-0.4, -0.2) is 58.4 Å². The van der Waals surface area contributed by atoms with Crippen molar-refractivity contribution in [1.29, 1.82) is 5.26 Å². The van der Waals surface area contributed by atoms with E-state index in [9.17, 15) is 9.65 Å². The van der Waals surface area contributed by atoms with Gasteiger partial charge >= 0.3 is 0 Å². The van der Waals surface area contributed by atoms with Gasteiger partial charge in [-0.1, -0.05) is 28.9 Å². The SMILES string of the molecule is BC(Nc1cc(Cl)c2ncc(C#N)c(NC3CN4CCC3CC4)c2c1)(c1ccc(F)cc1)c1cn(C2CC2)nn1. The van der Waals surface area contributed by atoms with Gasteiger partial charge < -0.3 is 15.5 Å². The van der Waals surface area contributed by atoms with Crippen molar-refractivity contribution in [3.63, 3.8) is 0 Å². The maximum Gasteiger partial charge on any atom is 0.148 e. The van der Waals surface area contributed by atoms with Gasteiger partial charge in [0.1, 0.15) is 25.4 Å². The van der Waals surface area contributed by atoms with Gasteiger partial charge in [0.15, 0.2) is 0 Å². The highest BCUT2D eigenvalue weighted by Crippen LogP contribution is 2.39. The summed E-state index contributed by atoms with van der Waals surface area (Å²) in [6.45, 7) is 3.24. The summed E-state index contributed by atoms with van der Waals surface area (Å²) < 4.78 is 15.8. The third-order valence-corrected chi connectivity index (χ3v) is 9.08. The lowest BCUT2D eigenvalue weighted by molar-refractivity contribution is 0.0976. The summed E-state index contributed by atoms with van der Waals surface area (Å²) in [6, 6.07) is 13.2. The molecule has 40 heavy (non-hydrogen) atoms. The Hall–Kier alpha value is -3.68. The molecular formula is C29H29BClFN8. The Balaban J connectivity index is 1.31. The van der Waals surface area contributed by atoms with E-state index in [0.717, 1.165) is 73.3 Å². The summed E-state index contributed by atoms with van der Waals surface area (Å²) >= 11 is 6.83. The van der Waals surface area contributed by atoms with Gasteiger partial charge in [-0.05, 0) is 74.5 Å². The predicted molar refractivity (Wildman–Crippen MR) is 156 cm³/mol. The van der Waals surface area contributed by atoms with Crippen molar-refractivity contribution in [2.75, 3.05) is 30.3 Å². The van der Waals surface area contributed by atoms with Gasteiger partial charge in [-0.25, -0.2) is 9.07 Å². The summed E-state index contributed by atoms with van der Waals surface area (Å²) in [5, 5.41) is 27.5. The minimum atomic E-state index is -0.832. The third-order valence-electron chi connectivity index (χ3n) is 8.79. The summed E-state index contributed by atoms with van der Waals surface area (Å²) in [4.78, 5) is 7.03. The van der Waals surface area contributed by atoms with E-state index in [-0.39, 0.29) is 11.9 Å². The van der Waals surface area contributed by atoms with Crippen molar-refractivity contribution < 1.29 is 4.39 Å². The Kier molecular flexibility index (Phi) is 6.17. The van der Waals surface area contributed by atoms with Crippen molar-refractivity contribution in [1.82, 2.24) is 24.9 Å². The van der Waals surface area contributed by atoms with Crippen molar-refractivity contribution >= 4 is 41.7 Å². The number of aromatic nitrogens is 4. The second kappa shape index (κ2) is 9.75. The maximum absolute atomic E-state index is 13.9. The van der Waals surface area contributed by atoms with Crippen molar-refractivity contribution in [3.8, 4) is 6.07 Å². The highest BCUT2D eigenvalue weighted by molar-refractivity contribution is 6.36. The Bertz CT molecular complexity index is 1620. The van der Waals surface area contributed by atoms with Crippen molar-refractivity contribution in [2.45, 2.75) is 43.2 Å². The van der Waals surface area contributed by atoms with E-state index in [1.165, 1.54) is 12.1 Å². The number of pyridine rings is 1. The molecule has 2 atom stereocenters. The number of nitrogens with one attached hydrogen (secondary N) is 2. The van der Waals surface area contributed by atoms with E-state index in [2.05, 4.69) is 36.9 Å². The largest absolute Gasteiger partial charge is 0.379 e. The second-order valence-electron chi connectivity index (χ2n) is 11.5. The number of benzene rings is 2. The van der Waals surface area contributed by atoms with Crippen LogP contribution in [0.3, 0.4) is 0 Å². The molecule has 8 nitrogen and oxygen atoms in total. The quantitative estimate of drug-likeness (QED) is 0.329. The number of piperidine rings is 3. The van der Waals surface area contributed by atoms with Crippen LogP contribution in [0, 0.1) is 23.1 Å². The van der Waals surface area contributed by atoms with E-state index < -0.39 is 5.44 Å². The van der Waals surface area contributed by atoms with E-state index in [1.54, 1.807) is 18.3 Å². The van der Waals surface area contributed by atoms with Crippen LogP contribution in [0.1, 0.15) is 48.5 Å². The van der Waals surface area contributed by atoms with Gasteiger partial charge in [-0.3, -0.25) is 4.98 Å². The van der Waals surface area contributed by atoms with Crippen LogP contribution in [0.2, 0.25) is 5.02 Å². The summed E-state index contributed by atoms with van der Waals surface area (Å²) in [5.41, 5.74) is 3.35. The number of hydrogen-bond donors (Lipinski definition) is 2. The molecule has 4 aromatic rings. The highest BCUT2D eigenvalue weighted by atomic mass is 35.5. The van der Waals surface area contributed by atoms with Gasteiger partial charge in [0, 0.05) is 29.9 Å². The molecule has 2 unspecified atom stereocenters. The molecule has 5 heterocycles. The van der Waals surface area contributed by atoms with E-state index in [0.29, 0.717) is 28.1 Å². The molecule has 8 rings (SSSR count).